The molecule has 1 N–H and O–H groups in total. The van der Waals surface area contributed by atoms with Crippen molar-refractivity contribution in [2.24, 2.45) is 5.92 Å². The lowest BCUT2D eigenvalue weighted by Crippen LogP contribution is -2.42. The summed E-state index contributed by atoms with van der Waals surface area (Å²) in [5.74, 6) is 3.11. The summed E-state index contributed by atoms with van der Waals surface area (Å²) in [5, 5.41) is 12.6. The van der Waals surface area contributed by atoms with Crippen LogP contribution in [0.1, 0.15) is 46.5 Å². The minimum Gasteiger partial charge on any atom is -0.297 e. The Hall–Kier alpha value is -0.200. The molecule has 92 valence electrons. The van der Waals surface area contributed by atoms with Crippen LogP contribution in [0.5, 0.6) is 0 Å². The first-order valence-electron chi connectivity index (χ1n) is 6.32. The molecule has 0 radical (unpaired) electrons. The molecule has 1 atom stereocenters. The molecule has 1 aliphatic carbocycles. The van der Waals surface area contributed by atoms with E-state index in [2.05, 4.69) is 25.2 Å². The third-order valence-electron chi connectivity index (χ3n) is 2.93. The van der Waals surface area contributed by atoms with Crippen LogP contribution in [-0.4, -0.2) is 23.1 Å². The van der Waals surface area contributed by atoms with Gasteiger partial charge in [-0.1, -0.05) is 13.8 Å². The van der Waals surface area contributed by atoms with Crippen LogP contribution in [0.4, 0.5) is 0 Å². The van der Waals surface area contributed by atoms with E-state index in [1.165, 1.54) is 25.0 Å². The van der Waals surface area contributed by atoms with Gasteiger partial charge < -0.3 is 0 Å². The Balaban J connectivity index is 2.10. The van der Waals surface area contributed by atoms with Gasteiger partial charge in [-0.15, -0.1) is 0 Å². The molecule has 0 spiro atoms. The van der Waals surface area contributed by atoms with Crippen molar-refractivity contribution in [3.63, 3.8) is 0 Å². The van der Waals surface area contributed by atoms with Gasteiger partial charge in [-0.25, -0.2) is 0 Å². The Bertz CT molecular complexity index is 243. The highest BCUT2D eigenvalue weighted by Gasteiger charge is 2.31. The predicted octanol–water partition coefficient (Wildman–Crippen LogP) is 3.19. The van der Waals surface area contributed by atoms with Gasteiger partial charge in [0.25, 0.3) is 0 Å². The Kier molecular flexibility index (Phi) is 5.64. The third-order valence-corrected chi connectivity index (χ3v) is 3.95. The van der Waals surface area contributed by atoms with Crippen LogP contribution in [0.3, 0.4) is 0 Å². The lowest BCUT2D eigenvalue weighted by molar-refractivity contribution is 0.433. The number of thioether (sulfide) groups is 1. The Labute approximate surface area is 104 Å². The molecule has 1 unspecified atom stereocenters. The molecule has 0 saturated heterocycles. The van der Waals surface area contributed by atoms with Crippen molar-refractivity contribution in [1.82, 2.24) is 5.32 Å². The van der Waals surface area contributed by atoms with Crippen molar-refractivity contribution < 1.29 is 0 Å². The summed E-state index contributed by atoms with van der Waals surface area (Å²) in [6, 6.07) is 3.04. The highest BCUT2D eigenvalue weighted by atomic mass is 32.2. The summed E-state index contributed by atoms with van der Waals surface area (Å²) in [7, 11) is 0. The molecule has 1 aliphatic rings. The number of nitrogens with zero attached hydrogens (tertiary/aromatic N) is 1. The smallest absolute Gasteiger partial charge is 0.104 e. The van der Waals surface area contributed by atoms with Gasteiger partial charge in [0.2, 0.25) is 0 Å². The van der Waals surface area contributed by atoms with E-state index in [1.54, 1.807) is 0 Å². The monoisotopic (exact) mass is 240 g/mol. The molecule has 3 heteroatoms. The van der Waals surface area contributed by atoms with E-state index >= 15 is 0 Å². The number of hydrogen-bond acceptors (Lipinski definition) is 3. The first kappa shape index (κ1) is 13.9. The van der Waals surface area contributed by atoms with E-state index in [4.69, 9.17) is 0 Å². The SMILES string of the molecule is CC(C)CCSCCC(C)(C#N)NC1CC1. The fourth-order valence-corrected chi connectivity index (χ4v) is 2.93. The van der Waals surface area contributed by atoms with Gasteiger partial charge in [0.1, 0.15) is 5.54 Å². The summed E-state index contributed by atoms with van der Waals surface area (Å²) in [5.41, 5.74) is -0.300. The van der Waals surface area contributed by atoms with E-state index < -0.39 is 0 Å². The number of nitrogens with one attached hydrogen (secondary N) is 1. The third kappa shape index (κ3) is 5.77. The minimum atomic E-state index is -0.300. The van der Waals surface area contributed by atoms with E-state index in [0.717, 1.165) is 18.1 Å². The molecule has 0 aromatic heterocycles. The van der Waals surface area contributed by atoms with Crippen molar-refractivity contribution in [2.75, 3.05) is 11.5 Å². The number of hydrogen-bond donors (Lipinski definition) is 1. The average molecular weight is 240 g/mol. The van der Waals surface area contributed by atoms with Crippen LogP contribution in [0, 0.1) is 17.2 Å². The predicted molar refractivity (Wildman–Crippen MR) is 71.6 cm³/mol. The largest absolute Gasteiger partial charge is 0.297 e. The molecule has 0 aliphatic heterocycles. The highest BCUT2D eigenvalue weighted by molar-refractivity contribution is 7.99. The maximum atomic E-state index is 9.18. The molecular formula is C13H24N2S. The molecular weight excluding hydrogens is 216 g/mol. The summed E-state index contributed by atoms with van der Waals surface area (Å²) >= 11 is 1.98. The highest BCUT2D eigenvalue weighted by Crippen LogP contribution is 2.24. The Morgan fingerprint density at radius 1 is 1.44 bits per heavy atom. The second-order valence-corrected chi connectivity index (χ2v) is 6.63. The molecule has 0 aromatic rings. The van der Waals surface area contributed by atoms with Gasteiger partial charge >= 0.3 is 0 Å². The van der Waals surface area contributed by atoms with E-state index in [9.17, 15) is 5.26 Å². The van der Waals surface area contributed by atoms with Gasteiger partial charge in [0, 0.05) is 6.04 Å². The topological polar surface area (TPSA) is 35.8 Å². The van der Waals surface area contributed by atoms with Gasteiger partial charge in [-0.05, 0) is 50.0 Å². The zero-order valence-electron chi connectivity index (χ0n) is 10.8. The fraction of sp³-hybridized carbons (Fsp3) is 0.923. The first-order valence-corrected chi connectivity index (χ1v) is 7.48. The van der Waals surface area contributed by atoms with Crippen LogP contribution >= 0.6 is 11.8 Å². The molecule has 2 nitrogen and oxygen atoms in total. The molecule has 0 heterocycles. The Morgan fingerprint density at radius 3 is 2.62 bits per heavy atom. The van der Waals surface area contributed by atoms with Crippen LogP contribution in [0.2, 0.25) is 0 Å². The summed E-state index contributed by atoms with van der Waals surface area (Å²) in [4.78, 5) is 0. The van der Waals surface area contributed by atoms with Gasteiger partial charge in [-0.2, -0.15) is 17.0 Å². The quantitative estimate of drug-likeness (QED) is 0.662. The van der Waals surface area contributed by atoms with Crippen LogP contribution < -0.4 is 5.32 Å². The maximum Gasteiger partial charge on any atom is 0.104 e. The van der Waals surface area contributed by atoms with E-state index in [0.29, 0.717) is 6.04 Å². The molecule has 16 heavy (non-hydrogen) atoms. The summed E-state index contributed by atoms with van der Waals surface area (Å²) < 4.78 is 0. The first-order chi connectivity index (χ1) is 7.56. The molecule has 0 amide bonds. The van der Waals surface area contributed by atoms with Crippen molar-refractivity contribution >= 4 is 11.8 Å². The molecule has 1 saturated carbocycles. The second-order valence-electron chi connectivity index (χ2n) is 5.41. The van der Waals surface area contributed by atoms with Gasteiger partial charge in [-0.3, -0.25) is 5.32 Å². The van der Waals surface area contributed by atoms with Gasteiger partial charge in [0.15, 0.2) is 0 Å². The Morgan fingerprint density at radius 2 is 2.12 bits per heavy atom. The lowest BCUT2D eigenvalue weighted by atomic mass is 10.0. The standard InChI is InChI=1S/C13H24N2S/c1-11(2)6-8-16-9-7-13(3,10-14)15-12-4-5-12/h11-12,15H,4-9H2,1-3H3. The molecule has 0 bridgehead atoms. The van der Waals surface area contributed by atoms with Crippen molar-refractivity contribution in [2.45, 2.75) is 58.0 Å². The fourth-order valence-electron chi connectivity index (χ4n) is 1.54. The summed E-state index contributed by atoms with van der Waals surface area (Å²) in [6.45, 7) is 6.55. The van der Waals surface area contributed by atoms with Crippen molar-refractivity contribution in [3.05, 3.63) is 0 Å². The zero-order chi connectivity index (χ0) is 12.0. The number of nitriles is 1. The zero-order valence-corrected chi connectivity index (χ0v) is 11.6. The number of rotatable bonds is 8. The lowest BCUT2D eigenvalue weighted by Gasteiger charge is -2.23. The molecule has 1 rings (SSSR count). The minimum absolute atomic E-state index is 0.300. The second kappa shape index (κ2) is 6.51. The van der Waals surface area contributed by atoms with Crippen molar-refractivity contribution in [1.29, 1.82) is 5.26 Å². The van der Waals surface area contributed by atoms with Crippen LogP contribution in [-0.2, 0) is 0 Å². The van der Waals surface area contributed by atoms with Crippen LogP contribution in [0.25, 0.3) is 0 Å². The summed E-state index contributed by atoms with van der Waals surface area (Å²) in [6.07, 6.45) is 4.74. The van der Waals surface area contributed by atoms with Crippen LogP contribution in [0.15, 0.2) is 0 Å². The maximum absolute atomic E-state index is 9.18. The average Bonchev–Trinajstić information content (AvgIpc) is 3.01. The van der Waals surface area contributed by atoms with E-state index in [-0.39, 0.29) is 5.54 Å². The normalized spacial score (nSPS) is 19.4. The van der Waals surface area contributed by atoms with Gasteiger partial charge in [0.05, 0.1) is 6.07 Å². The molecule has 0 aromatic carbocycles. The van der Waals surface area contributed by atoms with Crippen molar-refractivity contribution in [3.8, 4) is 6.07 Å². The molecule has 1 fully saturated rings. The van der Waals surface area contributed by atoms with E-state index in [1.807, 2.05) is 18.7 Å².